The molecule has 36 heavy (non-hydrogen) atoms. The molecule has 8 nitrogen and oxygen atoms in total. The van der Waals surface area contributed by atoms with Crippen molar-refractivity contribution in [2.24, 2.45) is 23.7 Å². The molecule has 2 spiro atoms. The van der Waals surface area contributed by atoms with Crippen molar-refractivity contribution >= 4 is 34.2 Å². The summed E-state index contributed by atoms with van der Waals surface area (Å²) in [6.45, 7) is 2.31. The zero-order chi connectivity index (χ0) is 24.3. The number of aromatic nitrogens is 1. The molecule has 0 radical (unpaired) electrons. The number of urea groups is 1. The number of halogens is 1. The molecule has 6 aliphatic rings. The number of nitrogens with one attached hydrogen (secondary N) is 2. The first-order valence-electron chi connectivity index (χ1n) is 13.4. The van der Waals surface area contributed by atoms with E-state index in [1.807, 2.05) is 29.2 Å². The van der Waals surface area contributed by atoms with E-state index in [0.29, 0.717) is 55.9 Å². The molecule has 192 valence electrons. The Bertz CT molecular complexity index is 1140. The van der Waals surface area contributed by atoms with Gasteiger partial charge in [-0.3, -0.25) is 4.98 Å². The van der Waals surface area contributed by atoms with Gasteiger partial charge in [0.05, 0.1) is 5.52 Å². The number of pyridine rings is 1. The van der Waals surface area contributed by atoms with Crippen LogP contribution in [0.25, 0.3) is 10.9 Å². The van der Waals surface area contributed by atoms with Crippen LogP contribution in [0.4, 0.5) is 10.5 Å². The molecule has 1 aromatic carbocycles. The highest BCUT2D eigenvalue weighted by molar-refractivity contribution is 6.31. The zero-order valence-electron chi connectivity index (χ0n) is 20.4. The minimum Gasteiger partial charge on any atom is -0.383 e. The van der Waals surface area contributed by atoms with Crippen LogP contribution in [0.3, 0.4) is 0 Å². The summed E-state index contributed by atoms with van der Waals surface area (Å²) in [6.07, 6.45) is 9.25. The lowest BCUT2D eigenvalue weighted by Crippen LogP contribution is -2.60. The Balaban J connectivity index is 0.904. The van der Waals surface area contributed by atoms with Crippen LogP contribution in [0, 0.1) is 23.7 Å². The molecule has 2 amide bonds. The van der Waals surface area contributed by atoms with Crippen LogP contribution in [0.15, 0.2) is 30.5 Å². The number of anilines is 1. The molecule has 3 heterocycles. The fraction of sp³-hybridized carbons (Fsp3) is 0.630. The summed E-state index contributed by atoms with van der Waals surface area (Å²) in [5.74, 6) is 1.34. The fourth-order valence-corrected chi connectivity index (χ4v) is 7.77. The lowest BCUT2D eigenvalue weighted by Gasteiger charge is -2.57. The van der Waals surface area contributed by atoms with Gasteiger partial charge in [-0.1, -0.05) is 11.6 Å². The number of nitrogens with zero attached hydrogens (tertiary/aromatic N) is 2. The summed E-state index contributed by atoms with van der Waals surface area (Å²) >= 11 is 6.08. The van der Waals surface area contributed by atoms with Crippen molar-refractivity contribution in [3.63, 3.8) is 0 Å². The summed E-state index contributed by atoms with van der Waals surface area (Å²) in [5.41, 5.74) is 1.81. The number of rotatable bonds is 4. The Morgan fingerprint density at radius 2 is 1.78 bits per heavy atom. The molecule has 1 aromatic heterocycles. The molecular formula is C27H33ClN4O4. The maximum absolute atomic E-state index is 12.8. The van der Waals surface area contributed by atoms with E-state index in [4.69, 9.17) is 26.1 Å². The van der Waals surface area contributed by atoms with Crippen molar-refractivity contribution in [1.29, 1.82) is 0 Å². The van der Waals surface area contributed by atoms with Crippen LogP contribution in [0.5, 0.6) is 0 Å². The van der Waals surface area contributed by atoms with Gasteiger partial charge >= 0.3 is 6.03 Å². The average Bonchev–Trinajstić information content (AvgIpc) is 3.24. The Labute approximate surface area is 215 Å². The molecule has 2 aliphatic heterocycles. The minimum atomic E-state index is -0.709. The van der Waals surface area contributed by atoms with E-state index in [-0.39, 0.29) is 6.03 Å². The molecule has 0 unspecified atom stereocenters. The first kappa shape index (κ1) is 23.0. The SMILES string of the molecule is O=C(NCCNc1ccnc2cc(Cl)ccc12)N1CCC2(CC1)OOC1(O2)C2CC3CC(C2)CC1C3. The number of fused-ring (bicyclic) bond motifs is 1. The van der Waals surface area contributed by atoms with Crippen LogP contribution in [-0.2, 0) is 14.5 Å². The Kier molecular flexibility index (Phi) is 5.58. The molecule has 6 fully saturated rings. The van der Waals surface area contributed by atoms with Gasteiger partial charge in [-0.2, -0.15) is 9.78 Å². The van der Waals surface area contributed by atoms with Crippen molar-refractivity contribution in [1.82, 2.24) is 15.2 Å². The third kappa shape index (κ3) is 3.85. The number of benzene rings is 1. The quantitative estimate of drug-likeness (QED) is 0.446. The van der Waals surface area contributed by atoms with Gasteiger partial charge in [0, 0.05) is 73.1 Å². The highest BCUT2D eigenvalue weighted by Crippen LogP contribution is 2.63. The molecule has 9 heteroatoms. The van der Waals surface area contributed by atoms with Gasteiger partial charge in [-0.25, -0.2) is 4.79 Å². The number of hydrogen-bond donors (Lipinski definition) is 2. The van der Waals surface area contributed by atoms with Gasteiger partial charge in [0.2, 0.25) is 11.6 Å². The molecule has 4 aliphatic carbocycles. The van der Waals surface area contributed by atoms with E-state index >= 15 is 0 Å². The van der Waals surface area contributed by atoms with E-state index in [9.17, 15) is 4.79 Å². The van der Waals surface area contributed by atoms with E-state index in [1.165, 1.54) is 32.1 Å². The molecule has 2 saturated heterocycles. The molecule has 8 rings (SSSR count). The van der Waals surface area contributed by atoms with Gasteiger partial charge < -0.3 is 20.3 Å². The number of carbonyl (C=O) groups excluding carboxylic acids is 1. The third-order valence-electron chi connectivity index (χ3n) is 9.18. The molecule has 4 saturated carbocycles. The average molecular weight is 513 g/mol. The van der Waals surface area contributed by atoms with Gasteiger partial charge in [-0.15, -0.1) is 0 Å². The second-order valence-corrected chi connectivity index (χ2v) is 11.8. The van der Waals surface area contributed by atoms with Gasteiger partial charge in [0.25, 0.3) is 0 Å². The van der Waals surface area contributed by atoms with Crippen LogP contribution in [0.2, 0.25) is 5.02 Å². The smallest absolute Gasteiger partial charge is 0.317 e. The number of likely N-dealkylation sites (tertiary alicyclic amines) is 1. The number of hydrogen-bond acceptors (Lipinski definition) is 6. The topological polar surface area (TPSA) is 85.0 Å². The summed E-state index contributed by atoms with van der Waals surface area (Å²) < 4.78 is 6.75. The normalized spacial score (nSPS) is 34.1. The fourth-order valence-electron chi connectivity index (χ4n) is 7.60. The number of ether oxygens (including phenoxy) is 1. The summed E-state index contributed by atoms with van der Waals surface area (Å²) in [5, 5.41) is 8.09. The Morgan fingerprint density at radius 1 is 1.03 bits per heavy atom. The van der Waals surface area contributed by atoms with E-state index in [1.54, 1.807) is 6.20 Å². The molecule has 2 N–H and O–H groups in total. The van der Waals surface area contributed by atoms with Crippen molar-refractivity contribution in [2.45, 2.75) is 56.5 Å². The summed E-state index contributed by atoms with van der Waals surface area (Å²) in [7, 11) is 0. The van der Waals surface area contributed by atoms with Crippen LogP contribution >= 0.6 is 11.6 Å². The van der Waals surface area contributed by atoms with Crippen molar-refractivity contribution in [2.75, 3.05) is 31.5 Å². The molecule has 2 aromatic rings. The Hall–Kier alpha value is -2.13. The maximum atomic E-state index is 12.8. The standard InChI is InChI=1S/C27H33ClN4O4/c28-21-1-2-22-23(3-6-29-24(22)16-21)30-7-8-31-25(33)32-9-4-26(5-10-32)34-27(36-35-26)19-12-17-11-18(14-19)15-20(27)13-17/h1-3,6,16-20H,4-5,7-15H2,(H,29,30)(H,31,33). The highest BCUT2D eigenvalue weighted by Gasteiger charge is 2.66. The van der Waals surface area contributed by atoms with E-state index in [0.717, 1.165) is 28.4 Å². The van der Waals surface area contributed by atoms with E-state index in [2.05, 4.69) is 15.6 Å². The van der Waals surface area contributed by atoms with Crippen molar-refractivity contribution < 1.29 is 19.3 Å². The number of amides is 2. The predicted octanol–water partition coefficient (Wildman–Crippen LogP) is 4.93. The first-order chi connectivity index (χ1) is 17.5. The van der Waals surface area contributed by atoms with Crippen molar-refractivity contribution in [3.05, 3.63) is 35.5 Å². The monoisotopic (exact) mass is 512 g/mol. The Morgan fingerprint density at radius 3 is 2.53 bits per heavy atom. The first-order valence-corrected chi connectivity index (χ1v) is 13.8. The lowest BCUT2D eigenvalue weighted by atomic mass is 9.53. The summed E-state index contributed by atoms with van der Waals surface area (Å²) in [6, 6.07) is 7.54. The zero-order valence-corrected chi connectivity index (χ0v) is 21.1. The lowest BCUT2D eigenvalue weighted by molar-refractivity contribution is -0.390. The second-order valence-electron chi connectivity index (χ2n) is 11.4. The molecule has 0 atom stereocenters. The van der Waals surface area contributed by atoms with Gasteiger partial charge in [0.1, 0.15) is 0 Å². The molecule has 4 bridgehead atoms. The summed E-state index contributed by atoms with van der Waals surface area (Å²) in [4.78, 5) is 31.1. The molecular weight excluding hydrogens is 480 g/mol. The predicted molar refractivity (Wildman–Crippen MR) is 135 cm³/mol. The maximum Gasteiger partial charge on any atom is 0.317 e. The van der Waals surface area contributed by atoms with Crippen LogP contribution in [0.1, 0.15) is 44.9 Å². The van der Waals surface area contributed by atoms with Crippen LogP contribution < -0.4 is 10.6 Å². The highest BCUT2D eigenvalue weighted by atomic mass is 35.5. The second kappa shape index (κ2) is 8.72. The largest absolute Gasteiger partial charge is 0.383 e. The number of carbonyl (C=O) groups is 1. The third-order valence-corrected chi connectivity index (χ3v) is 9.41. The van der Waals surface area contributed by atoms with Crippen molar-refractivity contribution in [3.8, 4) is 0 Å². The van der Waals surface area contributed by atoms with Gasteiger partial charge in [-0.05, 0) is 68.2 Å². The van der Waals surface area contributed by atoms with Crippen LogP contribution in [-0.4, -0.2) is 53.7 Å². The van der Waals surface area contributed by atoms with Gasteiger partial charge in [0.15, 0.2) is 0 Å². The number of piperidine rings is 1. The van der Waals surface area contributed by atoms with E-state index < -0.39 is 11.6 Å². The minimum absolute atomic E-state index is 0.0544.